The molecule has 1 amide bonds. The van der Waals surface area contributed by atoms with Crippen molar-refractivity contribution in [2.24, 2.45) is 0 Å². The van der Waals surface area contributed by atoms with E-state index in [-0.39, 0.29) is 25.1 Å². The molecule has 0 spiro atoms. The van der Waals surface area contributed by atoms with Crippen LogP contribution in [0, 0.1) is 6.92 Å². The first-order valence-corrected chi connectivity index (χ1v) is 9.53. The molecule has 1 fully saturated rings. The Hall–Kier alpha value is -1.90. The van der Waals surface area contributed by atoms with E-state index in [0.717, 1.165) is 16.7 Å². The molecule has 1 saturated heterocycles. The third-order valence-electron chi connectivity index (χ3n) is 3.96. The Morgan fingerprint density at radius 2 is 2.17 bits per heavy atom. The quantitative estimate of drug-likeness (QED) is 0.891. The second kappa shape index (κ2) is 6.54. The van der Waals surface area contributed by atoms with Crippen LogP contribution in [0.3, 0.4) is 0 Å². The van der Waals surface area contributed by atoms with Crippen LogP contribution in [0.15, 0.2) is 28.7 Å². The molecule has 8 heteroatoms. The summed E-state index contributed by atoms with van der Waals surface area (Å²) in [6, 6.07) is 7.11. The Morgan fingerprint density at radius 1 is 1.38 bits per heavy atom. The number of nitrogens with one attached hydrogen (secondary N) is 1. The average molecular weight is 352 g/mol. The molecule has 130 valence electrons. The predicted octanol–water partition coefficient (Wildman–Crippen LogP) is 1.13. The summed E-state index contributed by atoms with van der Waals surface area (Å²) in [5.74, 6) is 0.565. The number of fused-ring (bicyclic) bond motifs is 1. The number of furan rings is 1. The van der Waals surface area contributed by atoms with E-state index < -0.39 is 10.0 Å². The number of benzene rings is 1. The zero-order chi connectivity index (χ0) is 17.3. The van der Waals surface area contributed by atoms with Gasteiger partial charge in [-0.1, -0.05) is 0 Å². The molecule has 2 heterocycles. The summed E-state index contributed by atoms with van der Waals surface area (Å²) in [6.45, 7) is 3.04. The first-order chi connectivity index (χ1) is 11.3. The molecule has 0 unspecified atom stereocenters. The molecule has 3 rings (SSSR count). The minimum Gasteiger partial charge on any atom is -0.461 e. The van der Waals surface area contributed by atoms with E-state index in [0.29, 0.717) is 18.7 Å². The highest BCUT2D eigenvalue weighted by Gasteiger charge is 2.26. The van der Waals surface area contributed by atoms with E-state index in [9.17, 15) is 13.2 Å². The van der Waals surface area contributed by atoms with E-state index in [4.69, 9.17) is 9.15 Å². The van der Waals surface area contributed by atoms with Crippen molar-refractivity contribution in [2.45, 2.75) is 13.0 Å². The van der Waals surface area contributed by atoms with Crippen LogP contribution in [0.25, 0.3) is 11.0 Å². The standard InChI is InChI=1S/C16H20N2O5S/c1-11-7-13-8-12(3-4-15(13)23-11)16(19)17-9-14-10-18(5-6-22-14)24(2,20)21/h3-4,7-8,14H,5-6,9-10H2,1-2H3,(H,17,19)/t14-/m1/s1. The van der Waals surface area contributed by atoms with Gasteiger partial charge in [0.15, 0.2) is 0 Å². The molecule has 1 aromatic heterocycles. The van der Waals surface area contributed by atoms with Crippen LogP contribution in [0.4, 0.5) is 0 Å². The summed E-state index contributed by atoms with van der Waals surface area (Å²) in [6.07, 6.45) is 0.827. The number of sulfonamides is 1. The Labute approximate surface area is 140 Å². The van der Waals surface area contributed by atoms with Crippen molar-refractivity contribution in [1.29, 1.82) is 0 Å². The topological polar surface area (TPSA) is 88.9 Å². The predicted molar refractivity (Wildman–Crippen MR) is 89.4 cm³/mol. The molecule has 0 radical (unpaired) electrons. The lowest BCUT2D eigenvalue weighted by Gasteiger charge is -2.31. The van der Waals surface area contributed by atoms with Gasteiger partial charge in [0, 0.05) is 30.6 Å². The van der Waals surface area contributed by atoms with E-state index in [1.165, 1.54) is 10.6 Å². The molecule has 1 atom stereocenters. The van der Waals surface area contributed by atoms with E-state index in [1.807, 2.05) is 13.0 Å². The van der Waals surface area contributed by atoms with Gasteiger partial charge < -0.3 is 14.5 Å². The van der Waals surface area contributed by atoms with Gasteiger partial charge in [0.25, 0.3) is 5.91 Å². The second-order valence-corrected chi connectivity index (χ2v) is 7.92. The second-order valence-electron chi connectivity index (χ2n) is 5.93. The zero-order valence-electron chi connectivity index (χ0n) is 13.6. The highest BCUT2D eigenvalue weighted by molar-refractivity contribution is 7.88. The van der Waals surface area contributed by atoms with Crippen molar-refractivity contribution in [3.05, 3.63) is 35.6 Å². The molecule has 7 nitrogen and oxygen atoms in total. The molecular weight excluding hydrogens is 332 g/mol. The molecule has 1 N–H and O–H groups in total. The maximum Gasteiger partial charge on any atom is 0.251 e. The van der Waals surface area contributed by atoms with Crippen molar-refractivity contribution in [1.82, 2.24) is 9.62 Å². The van der Waals surface area contributed by atoms with Crippen molar-refractivity contribution >= 4 is 26.9 Å². The Balaban J connectivity index is 1.62. The van der Waals surface area contributed by atoms with Gasteiger partial charge in [-0.3, -0.25) is 4.79 Å². The molecule has 1 aliphatic rings. The number of ether oxygens (including phenoxy) is 1. The van der Waals surface area contributed by atoms with Gasteiger partial charge in [-0.15, -0.1) is 0 Å². The van der Waals surface area contributed by atoms with Gasteiger partial charge in [-0.25, -0.2) is 8.42 Å². The third-order valence-corrected chi connectivity index (χ3v) is 5.23. The molecule has 0 bridgehead atoms. The van der Waals surface area contributed by atoms with Gasteiger partial charge in [0.05, 0.1) is 19.0 Å². The van der Waals surface area contributed by atoms with Crippen LogP contribution in [0.1, 0.15) is 16.1 Å². The van der Waals surface area contributed by atoms with E-state index >= 15 is 0 Å². The smallest absolute Gasteiger partial charge is 0.251 e. The SMILES string of the molecule is Cc1cc2cc(C(=O)NC[C@@H]3CN(S(C)(=O)=O)CCO3)ccc2o1. The number of carbonyl (C=O) groups excluding carboxylic acids is 1. The minimum absolute atomic E-state index is 0.226. The fourth-order valence-corrected chi connectivity index (χ4v) is 3.59. The van der Waals surface area contributed by atoms with Crippen LogP contribution in [-0.4, -0.2) is 57.2 Å². The number of rotatable bonds is 4. The number of carbonyl (C=O) groups is 1. The van der Waals surface area contributed by atoms with Crippen LogP contribution < -0.4 is 5.32 Å². The maximum absolute atomic E-state index is 12.3. The van der Waals surface area contributed by atoms with Crippen molar-refractivity contribution < 1.29 is 22.4 Å². The number of hydrogen-bond donors (Lipinski definition) is 1. The summed E-state index contributed by atoms with van der Waals surface area (Å²) in [5, 5.41) is 3.67. The van der Waals surface area contributed by atoms with Crippen LogP contribution >= 0.6 is 0 Å². The van der Waals surface area contributed by atoms with Gasteiger partial charge >= 0.3 is 0 Å². The Bertz CT molecular complexity index is 858. The van der Waals surface area contributed by atoms with Crippen LogP contribution in [-0.2, 0) is 14.8 Å². The molecule has 1 aromatic carbocycles. The first-order valence-electron chi connectivity index (χ1n) is 7.68. The van der Waals surface area contributed by atoms with Crippen LogP contribution in [0.5, 0.6) is 0 Å². The third kappa shape index (κ3) is 3.77. The Kier molecular flexibility index (Phi) is 4.62. The molecule has 0 saturated carbocycles. The Morgan fingerprint density at radius 3 is 2.92 bits per heavy atom. The fraction of sp³-hybridized carbons (Fsp3) is 0.438. The maximum atomic E-state index is 12.3. The molecule has 24 heavy (non-hydrogen) atoms. The highest BCUT2D eigenvalue weighted by atomic mass is 32.2. The molecule has 1 aliphatic heterocycles. The minimum atomic E-state index is -3.24. The van der Waals surface area contributed by atoms with Crippen molar-refractivity contribution in [3.63, 3.8) is 0 Å². The van der Waals surface area contributed by atoms with Gasteiger partial charge in [-0.05, 0) is 31.2 Å². The van der Waals surface area contributed by atoms with Crippen molar-refractivity contribution in [3.8, 4) is 0 Å². The van der Waals surface area contributed by atoms with Gasteiger partial charge in [0.1, 0.15) is 11.3 Å². The van der Waals surface area contributed by atoms with Gasteiger partial charge in [0.2, 0.25) is 10.0 Å². The number of hydrogen-bond acceptors (Lipinski definition) is 5. The summed E-state index contributed by atoms with van der Waals surface area (Å²) < 4.78 is 35.6. The summed E-state index contributed by atoms with van der Waals surface area (Å²) in [7, 11) is -3.24. The van der Waals surface area contributed by atoms with E-state index in [2.05, 4.69) is 5.32 Å². The number of aryl methyl sites for hydroxylation is 1. The largest absolute Gasteiger partial charge is 0.461 e. The lowest BCUT2D eigenvalue weighted by Crippen LogP contribution is -2.49. The zero-order valence-corrected chi connectivity index (χ0v) is 14.4. The average Bonchev–Trinajstić information content (AvgIpc) is 2.91. The summed E-state index contributed by atoms with van der Waals surface area (Å²) >= 11 is 0. The summed E-state index contributed by atoms with van der Waals surface area (Å²) in [4.78, 5) is 12.3. The number of nitrogens with zero attached hydrogens (tertiary/aromatic N) is 1. The first kappa shape index (κ1) is 16.9. The lowest BCUT2D eigenvalue weighted by molar-refractivity contribution is 0.000439. The lowest BCUT2D eigenvalue weighted by atomic mass is 10.1. The van der Waals surface area contributed by atoms with Gasteiger partial charge in [-0.2, -0.15) is 4.31 Å². The monoisotopic (exact) mass is 352 g/mol. The number of amides is 1. The summed E-state index contributed by atoms with van der Waals surface area (Å²) in [5.41, 5.74) is 1.27. The molecule has 0 aliphatic carbocycles. The van der Waals surface area contributed by atoms with E-state index in [1.54, 1.807) is 18.2 Å². The number of morpholine rings is 1. The molecular formula is C16H20N2O5S. The molecule has 2 aromatic rings. The van der Waals surface area contributed by atoms with Crippen molar-refractivity contribution in [2.75, 3.05) is 32.5 Å². The highest BCUT2D eigenvalue weighted by Crippen LogP contribution is 2.20. The fourth-order valence-electron chi connectivity index (χ4n) is 2.74. The van der Waals surface area contributed by atoms with Crippen LogP contribution in [0.2, 0.25) is 0 Å². The normalized spacial score (nSPS) is 19.5.